The van der Waals surface area contributed by atoms with E-state index >= 15 is 0 Å². The van der Waals surface area contributed by atoms with Crippen molar-refractivity contribution in [2.75, 3.05) is 13.2 Å². The van der Waals surface area contributed by atoms with Crippen LogP contribution in [0.4, 0.5) is 0 Å². The summed E-state index contributed by atoms with van der Waals surface area (Å²) in [6.45, 7) is 5.26. The number of rotatable bonds is 5. The highest BCUT2D eigenvalue weighted by atomic mass is 79.9. The molecule has 0 saturated carbocycles. The van der Waals surface area contributed by atoms with Crippen LogP contribution in [-0.4, -0.2) is 37.0 Å². The summed E-state index contributed by atoms with van der Waals surface area (Å²) in [5.41, 5.74) is 0.696. The molecule has 1 rings (SSSR count). The molecule has 0 spiro atoms. The van der Waals surface area contributed by atoms with Crippen LogP contribution in [0.5, 0.6) is 0 Å². The van der Waals surface area contributed by atoms with Crippen molar-refractivity contribution in [1.29, 1.82) is 0 Å². The fraction of sp³-hybridized carbons (Fsp3) is 0.500. The molecule has 0 radical (unpaired) electrons. The highest BCUT2D eigenvalue weighted by Gasteiger charge is 2.27. The summed E-state index contributed by atoms with van der Waals surface area (Å²) in [5, 5.41) is 9.00. The Bertz CT molecular complexity index is 514. The standard InChI is InChI=1S/C12H18BrNO3S/c1-9(2)14(6-7-15)18(16,17)12-8-11(13)5-4-10(12)3/h4-5,8-9,15H,6-7H2,1-3H3. The average Bonchev–Trinajstić information content (AvgIpc) is 2.28. The summed E-state index contributed by atoms with van der Waals surface area (Å²) >= 11 is 3.28. The fourth-order valence-electron chi connectivity index (χ4n) is 1.73. The number of hydrogen-bond acceptors (Lipinski definition) is 3. The molecule has 102 valence electrons. The van der Waals surface area contributed by atoms with Crippen molar-refractivity contribution in [3.63, 3.8) is 0 Å². The highest BCUT2D eigenvalue weighted by molar-refractivity contribution is 9.10. The number of aliphatic hydroxyl groups excluding tert-OH is 1. The van der Waals surface area contributed by atoms with E-state index in [2.05, 4.69) is 15.9 Å². The first kappa shape index (κ1) is 15.6. The molecule has 0 aliphatic rings. The summed E-state index contributed by atoms with van der Waals surface area (Å²) in [7, 11) is -3.57. The van der Waals surface area contributed by atoms with Crippen LogP contribution in [-0.2, 0) is 10.0 Å². The third-order valence-electron chi connectivity index (χ3n) is 2.63. The zero-order valence-electron chi connectivity index (χ0n) is 10.7. The van der Waals surface area contributed by atoms with Crippen molar-refractivity contribution in [3.8, 4) is 0 Å². The van der Waals surface area contributed by atoms with E-state index in [0.717, 1.165) is 4.47 Å². The minimum absolute atomic E-state index is 0.103. The normalized spacial score (nSPS) is 12.4. The number of halogens is 1. The Kier molecular flexibility index (Phi) is 5.33. The Morgan fingerprint density at radius 1 is 1.39 bits per heavy atom. The molecular weight excluding hydrogens is 318 g/mol. The summed E-state index contributed by atoms with van der Waals surface area (Å²) in [4.78, 5) is 0.277. The van der Waals surface area contributed by atoms with Crippen LogP contribution in [0.1, 0.15) is 19.4 Å². The van der Waals surface area contributed by atoms with E-state index in [9.17, 15) is 8.42 Å². The van der Waals surface area contributed by atoms with Crippen molar-refractivity contribution in [3.05, 3.63) is 28.2 Å². The molecular formula is C12H18BrNO3S. The van der Waals surface area contributed by atoms with Crippen molar-refractivity contribution >= 4 is 26.0 Å². The van der Waals surface area contributed by atoms with Gasteiger partial charge in [0.1, 0.15) is 0 Å². The quantitative estimate of drug-likeness (QED) is 0.896. The number of hydrogen-bond donors (Lipinski definition) is 1. The van der Waals surface area contributed by atoms with Gasteiger partial charge >= 0.3 is 0 Å². The predicted octanol–water partition coefficient (Wildman–Crippen LogP) is 2.15. The van der Waals surface area contributed by atoms with E-state index in [1.54, 1.807) is 39.0 Å². The summed E-state index contributed by atoms with van der Waals surface area (Å²) in [5.74, 6) is 0. The number of aryl methyl sites for hydroxylation is 1. The van der Waals surface area contributed by atoms with E-state index in [1.165, 1.54) is 4.31 Å². The smallest absolute Gasteiger partial charge is 0.243 e. The Morgan fingerprint density at radius 2 is 2.00 bits per heavy atom. The fourth-order valence-corrected chi connectivity index (χ4v) is 4.13. The van der Waals surface area contributed by atoms with Gasteiger partial charge in [-0.25, -0.2) is 8.42 Å². The van der Waals surface area contributed by atoms with Gasteiger partial charge in [0.15, 0.2) is 0 Å². The summed E-state index contributed by atoms with van der Waals surface area (Å²) in [6, 6.07) is 4.96. The molecule has 0 bridgehead atoms. The number of nitrogens with zero attached hydrogens (tertiary/aromatic N) is 1. The van der Waals surface area contributed by atoms with Crippen LogP contribution in [0.3, 0.4) is 0 Å². The third kappa shape index (κ3) is 3.32. The second-order valence-corrected chi connectivity index (χ2v) is 7.12. The first-order valence-electron chi connectivity index (χ1n) is 5.69. The van der Waals surface area contributed by atoms with Crippen molar-refractivity contribution in [2.24, 2.45) is 0 Å². The molecule has 0 aliphatic carbocycles. The van der Waals surface area contributed by atoms with Crippen LogP contribution >= 0.6 is 15.9 Å². The van der Waals surface area contributed by atoms with Crippen LogP contribution in [0.2, 0.25) is 0 Å². The molecule has 0 atom stereocenters. The van der Waals surface area contributed by atoms with Crippen molar-refractivity contribution in [2.45, 2.75) is 31.7 Å². The van der Waals surface area contributed by atoms with E-state index in [4.69, 9.17) is 5.11 Å². The van der Waals surface area contributed by atoms with E-state index in [1.807, 2.05) is 0 Å². The van der Waals surface area contributed by atoms with Gasteiger partial charge in [-0.1, -0.05) is 22.0 Å². The van der Waals surface area contributed by atoms with Gasteiger partial charge < -0.3 is 5.11 Å². The zero-order chi connectivity index (χ0) is 13.9. The van der Waals surface area contributed by atoms with Crippen LogP contribution < -0.4 is 0 Å². The molecule has 0 saturated heterocycles. The summed E-state index contributed by atoms with van der Waals surface area (Å²) < 4.78 is 27.1. The molecule has 1 aromatic rings. The molecule has 0 fully saturated rings. The number of aliphatic hydroxyl groups is 1. The monoisotopic (exact) mass is 335 g/mol. The maximum absolute atomic E-state index is 12.5. The molecule has 0 unspecified atom stereocenters. The largest absolute Gasteiger partial charge is 0.395 e. The zero-order valence-corrected chi connectivity index (χ0v) is 13.1. The first-order valence-corrected chi connectivity index (χ1v) is 7.93. The Hall–Kier alpha value is -0.430. The molecule has 4 nitrogen and oxygen atoms in total. The molecule has 0 aliphatic heterocycles. The molecule has 1 N–H and O–H groups in total. The Balaban J connectivity index is 3.30. The highest BCUT2D eigenvalue weighted by Crippen LogP contribution is 2.24. The van der Waals surface area contributed by atoms with Crippen molar-refractivity contribution in [1.82, 2.24) is 4.31 Å². The average molecular weight is 336 g/mol. The van der Waals surface area contributed by atoms with Crippen LogP contribution in [0.25, 0.3) is 0 Å². The van der Waals surface area contributed by atoms with Gasteiger partial charge in [0.2, 0.25) is 10.0 Å². The second kappa shape index (κ2) is 6.14. The van der Waals surface area contributed by atoms with Gasteiger partial charge in [0, 0.05) is 17.1 Å². The van der Waals surface area contributed by atoms with Gasteiger partial charge in [-0.05, 0) is 38.5 Å². The predicted molar refractivity (Wildman–Crippen MR) is 75.0 cm³/mol. The van der Waals surface area contributed by atoms with Crippen LogP contribution in [0, 0.1) is 6.92 Å². The molecule has 0 amide bonds. The minimum Gasteiger partial charge on any atom is -0.395 e. The summed E-state index contributed by atoms with van der Waals surface area (Å²) in [6.07, 6.45) is 0. The lowest BCUT2D eigenvalue weighted by Gasteiger charge is -2.25. The van der Waals surface area contributed by atoms with Gasteiger partial charge in [-0.3, -0.25) is 0 Å². The molecule has 6 heteroatoms. The maximum Gasteiger partial charge on any atom is 0.243 e. The van der Waals surface area contributed by atoms with Gasteiger partial charge in [0.25, 0.3) is 0 Å². The molecule has 0 aromatic heterocycles. The van der Waals surface area contributed by atoms with Crippen LogP contribution in [0.15, 0.2) is 27.6 Å². The van der Waals surface area contributed by atoms with Crippen molar-refractivity contribution < 1.29 is 13.5 Å². The Morgan fingerprint density at radius 3 is 2.50 bits per heavy atom. The lowest BCUT2D eigenvalue weighted by atomic mass is 10.2. The Labute approximate surface area is 117 Å². The maximum atomic E-state index is 12.5. The molecule has 0 heterocycles. The SMILES string of the molecule is Cc1ccc(Br)cc1S(=O)(=O)N(CCO)C(C)C. The lowest BCUT2D eigenvalue weighted by Crippen LogP contribution is -2.39. The van der Waals surface area contributed by atoms with Gasteiger partial charge in [0.05, 0.1) is 11.5 Å². The first-order chi connectivity index (χ1) is 8.30. The minimum atomic E-state index is -3.57. The van der Waals surface area contributed by atoms with Gasteiger partial charge in [-0.2, -0.15) is 4.31 Å². The number of benzene rings is 1. The van der Waals surface area contributed by atoms with E-state index < -0.39 is 10.0 Å². The topological polar surface area (TPSA) is 57.6 Å². The number of sulfonamides is 1. The van der Waals surface area contributed by atoms with E-state index in [-0.39, 0.29) is 24.1 Å². The third-order valence-corrected chi connectivity index (χ3v) is 5.34. The molecule has 18 heavy (non-hydrogen) atoms. The van der Waals surface area contributed by atoms with Gasteiger partial charge in [-0.15, -0.1) is 0 Å². The second-order valence-electron chi connectivity index (χ2n) is 4.34. The molecule has 1 aromatic carbocycles. The van der Waals surface area contributed by atoms with E-state index in [0.29, 0.717) is 5.56 Å². The lowest BCUT2D eigenvalue weighted by molar-refractivity contribution is 0.236.